The maximum atomic E-state index is 12.9. The zero-order chi connectivity index (χ0) is 22.4. The lowest BCUT2D eigenvalue weighted by Crippen LogP contribution is -2.26. The summed E-state index contributed by atoms with van der Waals surface area (Å²) in [6.45, 7) is 7.11. The molecule has 6 nitrogen and oxygen atoms in total. The largest absolute Gasteiger partial charge is 0.478 e. The van der Waals surface area contributed by atoms with Crippen LogP contribution in [0.3, 0.4) is 0 Å². The number of benzene rings is 2. The molecule has 2 aromatic carbocycles. The highest BCUT2D eigenvalue weighted by molar-refractivity contribution is 5.95. The summed E-state index contributed by atoms with van der Waals surface area (Å²) < 4.78 is 3.10. The number of carbonyl (C=O) groups is 1. The molecule has 6 heteroatoms. The lowest BCUT2D eigenvalue weighted by Gasteiger charge is -2.08. The fourth-order valence-corrected chi connectivity index (χ4v) is 3.26. The van der Waals surface area contributed by atoms with Crippen LogP contribution in [0.15, 0.2) is 53.3 Å². The summed E-state index contributed by atoms with van der Waals surface area (Å²) in [6.07, 6.45) is 1.56. The minimum atomic E-state index is -0.959. The summed E-state index contributed by atoms with van der Waals surface area (Å²) >= 11 is 0. The SMILES string of the molecule is CCC#Cc1nn(CCC(C)C)c(=O)n1Cc1ccc(-c2ccccc2C(=O)O)cc1. The first-order chi connectivity index (χ1) is 14.9. The molecule has 0 saturated carbocycles. The van der Waals surface area contributed by atoms with Crippen molar-refractivity contribution in [3.05, 3.63) is 76.0 Å². The van der Waals surface area contributed by atoms with Crippen LogP contribution in [0.2, 0.25) is 0 Å². The third-order valence-electron chi connectivity index (χ3n) is 4.98. The third kappa shape index (κ3) is 5.32. The molecule has 0 fully saturated rings. The zero-order valence-corrected chi connectivity index (χ0v) is 18.1. The van der Waals surface area contributed by atoms with Gasteiger partial charge in [-0.25, -0.2) is 14.3 Å². The lowest BCUT2D eigenvalue weighted by atomic mass is 9.99. The Morgan fingerprint density at radius 3 is 2.48 bits per heavy atom. The minimum Gasteiger partial charge on any atom is -0.478 e. The Hall–Kier alpha value is -3.59. The molecule has 0 amide bonds. The Labute approximate surface area is 182 Å². The number of carboxylic acids is 1. The first kappa shape index (κ1) is 22.1. The van der Waals surface area contributed by atoms with Gasteiger partial charge in [-0.2, -0.15) is 0 Å². The van der Waals surface area contributed by atoms with Gasteiger partial charge in [-0.1, -0.05) is 69.2 Å². The van der Waals surface area contributed by atoms with Crippen LogP contribution in [0.25, 0.3) is 11.1 Å². The second-order valence-electron chi connectivity index (χ2n) is 7.80. The van der Waals surface area contributed by atoms with Crippen molar-refractivity contribution in [1.29, 1.82) is 0 Å². The monoisotopic (exact) mass is 417 g/mol. The van der Waals surface area contributed by atoms with Gasteiger partial charge < -0.3 is 5.11 Å². The van der Waals surface area contributed by atoms with E-state index in [1.165, 1.54) is 4.68 Å². The second-order valence-corrected chi connectivity index (χ2v) is 7.80. The number of nitrogens with zero attached hydrogens (tertiary/aromatic N) is 3. The van der Waals surface area contributed by atoms with Crippen LogP contribution < -0.4 is 5.69 Å². The van der Waals surface area contributed by atoms with E-state index in [1.807, 2.05) is 37.3 Å². The average Bonchev–Trinajstić information content (AvgIpc) is 3.06. The Bertz CT molecular complexity index is 1180. The van der Waals surface area contributed by atoms with E-state index >= 15 is 0 Å². The zero-order valence-electron chi connectivity index (χ0n) is 18.1. The van der Waals surface area contributed by atoms with Crippen molar-refractivity contribution in [3.63, 3.8) is 0 Å². The molecule has 160 valence electrons. The Balaban J connectivity index is 1.90. The van der Waals surface area contributed by atoms with Crippen molar-refractivity contribution >= 4 is 5.97 Å². The van der Waals surface area contributed by atoms with Crippen LogP contribution in [0.1, 0.15) is 55.4 Å². The topological polar surface area (TPSA) is 77.1 Å². The number of rotatable bonds is 7. The molecule has 3 aromatic rings. The van der Waals surface area contributed by atoms with Crippen LogP contribution in [-0.4, -0.2) is 25.4 Å². The Kier molecular flexibility index (Phi) is 7.09. The molecule has 0 radical (unpaired) electrons. The van der Waals surface area contributed by atoms with E-state index < -0.39 is 5.97 Å². The quantitative estimate of drug-likeness (QED) is 0.583. The summed E-state index contributed by atoms with van der Waals surface area (Å²) in [7, 11) is 0. The third-order valence-corrected chi connectivity index (χ3v) is 4.98. The molecule has 0 bridgehead atoms. The number of hydrogen-bond acceptors (Lipinski definition) is 3. The Morgan fingerprint density at radius 1 is 1.13 bits per heavy atom. The van der Waals surface area contributed by atoms with Crippen molar-refractivity contribution in [2.24, 2.45) is 5.92 Å². The van der Waals surface area contributed by atoms with Crippen molar-refractivity contribution in [2.45, 2.75) is 46.7 Å². The van der Waals surface area contributed by atoms with E-state index in [0.717, 1.165) is 17.5 Å². The molecule has 0 saturated heterocycles. The number of hydrogen-bond donors (Lipinski definition) is 1. The highest BCUT2D eigenvalue weighted by Crippen LogP contribution is 2.24. The van der Waals surface area contributed by atoms with E-state index in [1.54, 1.807) is 22.8 Å². The minimum absolute atomic E-state index is 0.165. The van der Waals surface area contributed by atoms with Crippen molar-refractivity contribution in [1.82, 2.24) is 14.3 Å². The van der Waals surface area contributed by atoms with Gasteiger partial charge in [-0.3, -0.25) is 4.57 Å². The number of carboxylic acid groups (broad SMARTS) is 1. The predicted octanol–water partition coefficient (Wildman–Crippen LogP) is 4.27. The van der Waals surface area contributed by atoms with Gasteiger partial charge in [0.2, 0.25) is 5.82 Å². The van der Waals surface area contributed by atoms with Gasteiger partial charge in [0.05, 0.1) is 12.1 Å². The van der Waals surface area contributed by atoms with Gasteiger partial charge in [0, 0.05) is 13.0 Å². The molecular formula is C25H27N3O3. The van der Waals surface area contributed by atoms with Crippen molar-refractivity contribution < 1.29 is 9.90 Å². The Morgan fingerprint density at radius 2 is 1.84 bits per heavy atom. The summed E-state index contributed by atoms with van der Waals surface area (Å²) in [5, 5.41) is 13.9. The summed E-state index contributed by atoms with van der Waals surface area (Å²) in [5.41, 5.74) is 2.49. The molecule has 0 aliphatic heterocycles. The van der Waals surface area contributed by atoms with Crippen LogP contribution in [0, 0.1) is 17.8 Å². The van der Waals surface area contributed by atoms with Gasteiger partial charge in [0.25, 0.3) is 0 Å². The predicted molar refractivity (Wildman–Crippen MR) is 121 cm³/mol. The summed E-state index contributed by atoms with van der Waals surface area (Å²) in [5.74, 6) is 5.99. The maximum Gasteiger partial charge on any atom is 0.347 e. The van der Waals surface area contributed by atoms with Crippen LogP contribution in [0.5, 0.6) is 0 Å². The van der Waals surface area contributed by atoms with Crippen LogP contribution >= 0.6 is 0 Å². The van der Waals surface area contributed by atoms with Gasteiger partial charge in [-0.05, 0) is 41.0 Å². The second kappa shape index (κ2) is 9.94. The van der Waals surface area contributed by atoms with Gasteiger partial charge in [0.15, 0.2) is 0 Å². The lowest BCUT2D eigenvalue weighted by molar-refractivity contribution is 0.0697. The number of aromatic nitrogens is 3. The highest BCUT2D eigenvalue weighted by atomic mass is 16.4. The van der Waals surface area contributed by atoms with Crippen molar-refractivity contribution in [2.75, 3.05) is 0 Å². The number of aromatic carboxylic acids is 1. The molecule has 0 unspecified atom stereocenters. The molecule has 31 heavy (non-hydrogen) atoms. The summed E-state index contributed by atoms with van der Waals surface area (Å²) in [4.78, 5) is 24.4. The van der Waals surface area contributed by atoms with E-state index in [9.17, 15) is 14.7 Å². The van der Waals surface area contributed by atoms with E-state index in [-0.39, 0.29) is 11.3 Å². The molecule has 0 spiro atoms. The molecule has 1 heterocycles. The van der Waals surface area contributed by atoms with Gasteiger partial charge >= 0.3 is 11.7 Å². The van der Waals surface area contributed by atoms with Crippen LogP contribution in [0.4, 0.5) is 0 Å². The van der Waals surface area contributed by atoms with Crippen LogP contribution in [-0.2, 0) is 13.1 Å². The molecule has 3 rings (SSSR count). The normalized spacial score (nSPS) is 10.7. The standard InChI is InChI=1S/C25H27N3O3/c1-4-5-10-23-26-28(16-15-18(2)3)25(31)27(23)17-19-11-13-20(14-12-19)21-8-6-7-9-22(21)24(29)30/h6-9,11-14,18H,4,15-17H2,1-3H3,(H,29,30). The average molecular weight is 418 g/mol. The molecule has 1 aromatic heterocycles. The van der Waals surface area contributed by atoms with E-state index in [2.05, 4.69) is 30.8 Å². The first-order valence-corrected chi connectivity index (χ1v) is 10.5. The number of aryl methyl sites for hydroxylation is 1. The van der Waals surface area contributed by atoms with E-state index in [4.69, 9.17) is 0 Å². The van der Waals surface area contributed by atoms with Crippen molar-refractivity contribution in [3.8, 4) is 23.0 Å². The molecule has 0 aliphatic rings. The smallest absolute Gasteiger partial charge is 0.347 e. The fraction of sp³-hybridized carbons (Fsp3) is 0.320. The molecular weight excluding hydrogens is 390 g/mol. The molecule has 0 atom stereocenters. The summed E-state index contributed by atoms with van der Waals surface area (Å²) in [6, 6.07) is 14.5. The van der Waals surface area contributed by atoms with Gasteiger partial charge in [0.1, 0.15) is 0 Å². The fourth-order valence-electron chi connectivity index (χ4n) is 3.26. The maximum absolute atomic E-state index is 12.9. The molecule has 0 aliphatic carbocycles. The van der Waals surface area contributed by atoms with E-state index in [0.29, 0.717) is 36.8 Å². The highest BCUT2D eigenvalue weighted by Gasteiger charge is 2.14. The first-order valence-electron chi connectivity index (χ1n) is 10.5. The van der Waals surface area contributed by atoms with Gasteiger partial charge in [-0.15, -0.1) is 5.10 Å². The molecule has 1 N–H and O–H groups in total.